The number of hydrogen-bond acceptors (Lipinski definition) is 8. The predicted octanol–water partition coefficient (Wildman–Crippen LogP) is 3.79. The molecule has 1 aliphatic rings. The fraction of sp³-hybridized carbons (Fsp3) is 0.778. The lowest BCUT2D eigenvalue weighted by Gasteiger charge is -2.25. The van der Waals surface area contributed by atoms with E-state index in [0.29, 0.717) is 51.9 Å². The molecule has 3 N–H and O–H groups in total. The van der Waals surface area contributed by atoms with Gasteiger partial charge in [0.15, 0.2) is 5.96 Å². The molecule has 0 aliphatic heterocycles. The molecule has 1 aromatic rings. The Morgan fingerprint density at radius 3 is 2.41 bits per heavy atom. The minimum atomic E-state index is -3.55. The molecule has 11 nitrogen and oxygen atoms in total. The van der Waals surface area contributed by atoms with Crippen molar-refractivity contribution in [1.29, 1.82) is 5.41 Å². The summed E-state index contributed by atoms with van der Waals surface area (Å²) in [6, 6.07) is 3.59. The number of unbranched alkanes of at least 4 members (excludes halogenated alkanes) is 3. The van der Waals surface area contributed by atoms with E-state index in [1.807, 2.05) is 0 Å². The van der Waals surface area contributed by atoms with Gasteiger partial charge in [0, 0.05) is 31.7 Å². The molecule has 224 valence electrons. The van der Waals surface area contributed by atoms with E-state index in [1.54, 1.807) is 31.6 Å². The van der Waals surface area contributed by atoms with Gasteiger partial charge in [-0.2, -0.15) is 0 Å². The normalized spacial score (nSPS) is 14.5. The highest BCUT2D eigenvalue weighted by Gasteiger charge is 2.23. The second-order valence-electron chi connectivity index (χ2n) is 9.76. The second kappa shape index (κ2) is 21.0. The monoisotopic (exact) mass is 571 g/mol. The highest BCUT2D eigenvalue weighted by molar-refractivity contribution is 7.88. The van der Waals surface area contributed by atoms with Gasteiger partial charge in [-0.05, 0) is 37.3 Å². The van der Waals surface area contributed by atoms with Crippen LogP contribution in [-0.2, 0) is 29.1 Å². The number of aromatic nitrogens is 1. The van der Waals surface area contributed by atoms with Crippen LogP contribution in [0.4, 0.5) is 5.69 Å². The smallest absolute Gasteiger partial charge is 0.236 e. The van der Waals surface area contributed by atoms with Crippen LogP contribution in [0.5, 0.6) is 0 Å². The first-order valence-electron chi connectivity index (χ1n) is 14.3. The van der Waals surface area contributed by atoms with Crippen molar-refractivity contribution in [3.05, 3.63) is 24.5 Å². The van der Waals surface area contributed by atoms with Crippen molar-refractivity contribution in [2.24, 2.45) is 5.92 Å². The van der Waals surface area contributed by atoms with Gasteiger partial charge < -0.3 is 24.8 Å². The van der Waals surface area contributed by atoms with Gasteiger partial charge in [-0.25, -0.2) is 8.42 Å². The van der Waals surface area contributed by atoms with Gasteiger partial charge in [-0.3, -0.25) is 15.2 Å². The number of pyridine rings is 1. The van der Waals surface area contributed by atoms with E-state index in [0.717, 1.165) is 35.8 Å². The Morgan fingerprint density at radius 1 is 0.974 bits per heavy atom. The van der Waals surface area contributed by atoms with Gasteiger partial charge in [0.05, 0.1) is 51.9 Å². The van der Waals surface area contributed by atoms with Gasteiger partial charge in [0.25, 0.3) is 0 Å². The van der Waals surface area contributed by atoms with E-state index in [2.05, 4.69) is 15.6 Å². The molecular weight excluding hydrogens is 522 g/mol. The fourth-order valence-corrected chi connectivity index (χ4v) is 5.75. The molecule has 0 bridgehead atoms. The number of hydrogen-bond donors (Lipinski definition) is 3. The molecule has 39 heavy (non-hydrogen) atoms. The zero-order valence-corrected chi connectivity index (χ0v) is 24.4. The van der Waals surface area contributed by atoms with Crippen molar-refractivity contribution in [2.45, 2.75) is 64.2 Å². The second-order valence-corrected chi connectivity index (χ2v) is 11.7. The molecule has 0 amide bonds. The summed E-state index contributed by atoms with van der Waals surface area (Å²) in [5, 5.41) is 13.9. The largest absolute Gasteiger partial charge is 0.382 e. The van der Waals surface area contributed by atoms with Crippen LogP contribution >= 0.6 is 0 Å². The molecule has 0 aromatic carbocycles. The lowest BCUT2D eigenvalue weighted by molar-refractivity contribution is -0.101. The van der Waals surface area contributed by atoms with E-state index >= 15 is 0 Å². The third kappa shape index (κ3) is 16.1. The van der Waals surface area contributed by atoms with E-state index in [9.17, 15) is 8.42 Å². The Morgan fingerprint density at radius 2 is 1.67 bits per heavy atom. The van der Waals surface area contributed by atoms with Gasteiger partial charge in [-0.15, -0.1) is 0 Å². The van der Waals surface area contributed by atoms with Crippen molar-refractivity contribution in [3.8, 4) is 0 Å². The summed E-state index contributed by atoms with van der Waals surface area (Å²) < 4.78 is 43.2. The standard InChI is InChI=1S/C27H49N5O6S/c1-35-20-21-37-23-22-36-19-17-32(38-18-13-25-9-5-4-6-10-25)39(33,34)24-8-3-2-7-14-30-27(28)31-26-11-15-29-16-12-26/h11-12,15-16,25H,2-10,13-14,17-24H2,1H3,(H3,28,29,30,31). The Labute approximate surface area is 234 Å². The molecule has 0 atom stereocenters. The summed E-state index contributed by atoms with van der Waals surface area (Å²) in [5.41, 5.74) is 0.805. The molecule has 0 unspecified atom stereocenters. The predicted molar refractivity (Wildman–Crippen MR) is 153 cm³/mol. The third-order valence-corrected chi connectivity index (χ3v) is 8.31. The van der Waals surface area contributed by atoms with E-state index in [4.69, 9.17) is 24.5 Å². The van der Waals surface area contributed by atoms with Crippen molar-refractivity contribution >= 4 is 21.7 Å². The maximum atomic E-state index is 13.1. The molecule has 12 heteroatoms. The average molecular weight is 572 g/mol. The van der Waals surface area contributed by atoms with Crippen LogP contribution in [0, 0.1) is 11.3 Å². The molecular formula is C27H49N5O6S. The Hall–Kier alpha value is -1.83. The molecule has 0 radical (unpaired) electrons. The lowest BCUT2D eigenvalue weighted by atomic mass is 9.87. The van der Waals surface area contributed by atoms with Crippen LogP contribution in [0.15, 0.2) is 24.5 Å². The minimum absolute atomic E-state index is 0.0450. The summed E-state index contributed by atoms with van der Waals surface area (Å²) in [4.78, 5) is 9.77. The average Bonchev–Trinajstić information content (AvgIpc) is 2.94. The zero-order chi connectivity index (χ0) is 28.0. The number of ether oxygens (including phenoxy) is 3. The highest BCUT2D eigenvalue weighted by Crippen LogP contribution is 2.26. The van der Waals surface area contributed by atoms with E-state index in [1.165, 1.54) is 32.1 Å². The Balaban J connectivity index is 1.65. The van der Waals surface area contributed by atoms with Crippen LogP contribution in [0.3, 0.4) is 0 Å². The number of nitrogens with one attached hydrogen (secondary N) is 3. The number of rotatable bonds is 22. The molecule has 1 fully saturated rings. The van der Waals surface area contributed by atoms with Crippen LogP contribution in [0.1, 0.15) is 64.2 Å². The Bertz CT molecular complexity index is 855. The van der Waals surface area contributed by atoms with Crippen LogP contribution in [0.25, 0.3) is 0 Å². The maximum absolute atomic E-state index is 13.1. The third-order valence-electron chi connectivity index (χ3n) is 6.60. The lowest BCUT2D eigenvalue weighted by Crippen LogP contribution is -2.36. The first-order valence-corrected chi connectivity index (χ1v) is 15.9. The van der Waals surface area contributed by atoms with Crippen LogP contribution in [0.2, 0.25) is 0 Å². The Kier molecular flexibility index (Phi) is 18.0. The summed E-state index contributed by atoms with van der Waals surface area (Å²) in [7, 11) is -1.93. The summed E-state index contributed by atoms with van der Waals surface area (Å²) in [6.45, 7) is 3.34. The zero-order valence-electron chi connectivity index (χ0n) is 23.6. The fourth-order valence-electron chi connectivity index (χ4n) is 4.39. The number of guanidine groups is 1. The van der Waals surface area contributed by atoms with Crippen molar-refractivity contribution in [3.63, 3.8) is 0 Å². The molecule has 2 rings (SSSR count). The van der Waals surface area contributed by atoms with Crippen molar-refractivity contribution in [2.75, 3.05) is 70.9 Å². The summed E-state index contributed by atoms with van der Waals surface area (Å²) in [5.74, 6) is 0.899. The number of anilines is 1. The number of hydroxylamine groups is 1. The highest BCUT2D eigenvalue weighted by atomic mass is 32.2. The van der Waals surface area contributed by atoms with Crippen LogP contribution < -0.4 is 10.6 Å². The quantitative estimate of drug-likeness (QED) is 0.0822. The first-order chi connectivity index (χ1) is 19.0. The van der Waals surface area contributed by atoms with Crippen molar-refractivity contribution < 1.29 is 27.5 Å². The van der Waals surface area contributed by atoms with E-state index in [-0.39, 0.29) is 24.9 Å². The SMILES string of the molecule is COCCOCCOCCN(OCCC1CCCCC1)S(=O)(=O)CCCCCCNC(=N)Nc1ccncc1. The number of sulfonamides is 1. The van der Waals surface area contributed by atoms with Crippen molar-refractivity contribution in [1.82, 2.24) is 14.8 Å². The molecule has 1 aromatic heterocycles. The minimum Gasteiger partial charge on any atom is -0.382 e. The van der Waals surface area contributed by atoms with Crippen LogP contribution in [-0.4, -0.2) is 89.4 Å². The van der Waals surface area contributed by atoms with Gasteiger partial charge in [-0.1, -0.05) is 49.4 Å². The summed E-state index contributed by atoms with van der Waals surface area (Å²) >= 11 is 0. The number of nitrogens with zero attached hydrogens (tertiary/aromatic N) is 2. The summed E-state index contributed by atoms with van der Waals surface area (Å²) in [6.07, 6.45) is 13.5. The molecule has 1 saturated carbocycles. The number of methoxy groups -OCH3 is 1. The van der Waals surface area contributed by atoms with E-state index < -0.39 is 10.0 Å². The topological polar surface area (TPSA) is 135 Å². The molecule has 0 saturated heterocycles. The van der Waals surface area contributed by atoms with Gasteiger partial charge >= 0.3 is 0 Å². The molecule has 1 aliphatic carbocycles. The molecule has 0 spiro atoms. The van der Waals surface area contributed by atoms with Gasteiger partial charge in [0.1, 0.15) is 0 Å². The maximum Gasteiger partial charge on any atom is 0.236 e. The molecule has 1 heterocycles. The van der Waals surface area contributed by atoms with Gasteiger partial charge in [0.2, 0.25) is 10.0 Å². The first kappa shape index (κ1) is 33.4.